The van der Waals surface area contributed by atoms with Crippen molar-refractivity contribution in [2.45, 2.75) is 175 Å². The Morgan fingerprint density at radius 2 is 0.509 bits per heavy atom. The first-order valence-electron chi connectivity index (χ1n) is 21.1. The van der Waals surface area contributed by atoms with Gasteiger partial charge in [0.2, 0.25) is 0 Å². The van der Waals surface area contributed by atoms with E-state index >= 15 is 0 Å². The molecular weight excluding hydrogens is 874 g/mol. The minimum atomic E-state index is -2.77. The topological polar surface area (TPSA) is 120 Å². The molecule has 6 nitrogen and oxygen atoms in total. The van der Waals surface area contributed by atoms with Gasteiger partial charge < -0.3 is 28.4 Å². The van der Waals surface area contributed by atoms with Gasteiger partial charge in [-0.05, 0) is 71.1 Å². The molecule has 0 spiro atoms. The van der Waals surface area contributed by atoms with Crippen LogP contribution < -0.4 is 30.6 Å². The van der Waals surface area contributed by atoms with Crippen molar-refractivity contribution in [2.24, 2.45) is 0 Å². The maximum atomic E-state index is 10.8. The second kappa shape index (κ2) is 37.8. The Bertz CT molecular complexity index is 1220. The van der Waals surface area contributed by atoms with Crippen molar-refractivity contribution in [3.8, 4) is 0 Å². The average molecular weight is 946 g/mol. The summed E-state index contributed by atoms with van der Waals surface area (Å²) in [6.45, 7) is 6.71. The van der Waals surface area contributed by atoms with E-state index in [9.17, 15) is 28.4 Å². The molecule has 3 rings (SSSR count). The van der Waals surface area contributed by atoms with Crippen LogP contribution in [0, 0.1) is 40.8 Å². The summed E-state index contributed by atoms with van der Waals surface area (Å²) in [7, 11) is -8.30. The van der Waals surface area contributed by atoms with E-state index in [1.807, 2.05) is 36.4 Å². The number of unbranched alkanes of at least 4 members (excludes halogenated alkanes) is 18. The van der Waals surface area contributed by atoms with Crippen LogP contribution in [0.3, 0.4) is 0 Å². The van der Waals surface area contributed by atoms with E-state index in [0.717, 1.165) is 19.3 Å². The third kappa shape index (κ3) is 30.3. The molecule has 55 heavy (non-hydrogen) atoms. The van der Waals surface area contributed by atoms with Crippen LogP contribution in [0.1, 0.15) is 172 Å². The van der Waals surface area contributed by atoms with Crippen LogP contribution in [-0.2, 0) is 33.0 Å². The van der Waals surface area contributed by atoms with Crippen molar-refractivity contribution in [2.75, 3.05) is 0 Å². The fraction of sp³-hybridized carbons (Fsp3) is 0.600. The number of rotatable bonds is 27. The predicted molar refractivity (Wildman–Crippen MR) is 230 cm³/mol. The zero-order valence-corrected chi connectivity index (χ0v) is 40.6. The van der Waals surface area contributed by atoms with Crippen molar-refractivity contribution < 1.29 is 69.2 Å². The van der Waals surface area contributed by atoms with Crippen molar-refractivity contribution >= 4 is 40.0 Å². The number of hydrogen-bond donors (Lipinski definition) is 0. The Morgan fingerprint density at radius 1 is 0.327 bits per heavy atom. The third-order valence-corrected chi connectivity index (χ3v) is 12.2. The van der Waals surface area contributed by atoms with Gasteiger partial charge in [-0.25, -0.2) is 0 Å². The Hall–Kier alpha value is -0.419. The molecule has 3 atom stereocenters. The molecule has 0 N–H and O–H groups in total. The van der Waals surface area contributed by atoms with Crippen LogP contribution >= 0.6 is 24.1 Å². The standard InChI is InChI=1S/3C15H25O2P.Nd/c3*1-2-3-4-5-6-7-8-9-14-10-12-15(13-11-14)18(16)17;/h3*10-13,18H,2-9H2,1H3,(H,16,17);/q;;;+3/p-3. The van der Waals surface area contributed by atoms with E-state index in [0.29, 0.717) is 15.9 Å². The molecule has 0 saturated carbocycles. The predicted octanol–water partition coefficient (Wildman–Crippen LogP) is 10.3. The number of benzene rings is 3. The molecule has 0 bridgehead atoms. The normalized spacial score (nSPS) is 12.3. The molecule has 3 unspecified atom stereocenters. The minimum Gasteiger partial charge on any atom is -0.798 e. The summed E-state index contributed by atoms with van der Waals surface area (Å²) in [5, 5.41) is 1.34. The van der Waals surface area contributed by atoms with E-state index in [2.05, 4.69) is 20.8 Å². The molecule has 10 heteroatoms. The van der Waals surface area contributed by atoms with Crippen LogP contribution in [0.4, 0.5) is 0 Å². The van der Waals surface area contributed by atoms with Gasteiger partial charge in [0.15, 0.2) is 0 Å². The van der Waals surface area contributed by atoms with Gasteiger partial charge in [0.1, 0.15) is 0 Å². The smallest absolute Gasteiger partial charge is 0.798 e. The molecule has 0 amide bonds. The van der Waals surface area contributed by atoms with Gasteiger partial charge in [0, 0.05) is 24.1 Å². The number of aryl methyl sites for hydroxylation is 3. The van der Waals surface area contributed by atoms with Crippen LogP contribution in [0.5, 0.6) is 0 Å². The molecule has 0 fully saturated rings. The summed E-state index contributed by atoms with van der Waals surface area (Å²) in [6, 6.07) is 21.9. The summed E-state index contributed by atoms with van der Waals surface area (Å²) < 4.78 is 32.3. The van der Waals surface area contributed by atoms with Crippen LogP contribution in [0.15, 0.2) is 72.8 Å². The summed E-state index contributed by atoms with van der Waals surface area (Å²) in [6.07, 6.45) is 30.8. The summed E-state index contributed by atoms with van der Waals surface area (Å²) in [5.41, 5.74) is 3.74. The van der Waals surface area contributed by atoms with E-state index in [1.165, 1.54) is 152 Å². The quantitative estimate of drug-likeness (QED) is 0.0555. The Morgan fingerprint density at radius 3 is 0.691 bits per heavy atom. The zero-order chi connectivity index (χ0) is 39.7. The van der Waals surface area contributed by atoms with Gasteiger partial charge in [-0.3, -0.25) is 0 Å². The zero-order valence-electron chi connectivity index (χ0n) is 34.3. The van der Waals surface area contributed by atoms with Gasteiger partial charge in [-0.1, -0.05) is 209 Å². The van der Waals surface area contributed by atoms with Crippen molar-refractivity contribution in [3.05, 3.63) is 89.5 Å². The summed E-state index contributed by atoms with van der Waals surface area (Å²) >= 11 is 0. The minimum absolute atomic E-state index is 0. The molecular formula is C45H72NdO6P3. The first-order chi connectivity index (χ1) is 26.2. The van der Waals surface area contributed by atoms with Crippen molar-refractivity contribution in [3.63, 3.8) is 0 Å². The average Bonchev–Trinajstić information content (AvgIpc) is 3.18. The second-order valence-corrected chi connectivity index (χ2v) is 18.0. The second-order valence-electron chi connectivity index (χ2n) is 14.6. The fourth-order valence-corrected chi connectivity index (χ4v) is 7.60. The van der Waals surface area contributed by atoms with Gasteiger partial charge in [0.05, 0.1) is 0 Å². The molecule has 0 aromatic heterocycles. The molecule has 0 heterocycles. The molecule has 3 aromatic carbocycles. The van der Waals surface area contributed by atoms with Crippen LogP contribution in [0.25, 0.3) is 0 Å². The molecule has 0 saturated heterocycles. The van der Waals surface area contributed by atoms with Crippen molar-refractivity contribution in [1.29, 1.82) is 0 Å². The Labute approximate surface area is 370 Å². The van der Waals surface area contributed by atoms with Crippen molar-refractivity contribution in [1.82, 2.24) is 0 Å². The van der Waals surface area contributed by atoms with Gasteiger partial charge in [-0.15, -0.1) is 0 Å². The van der Waals surface area contributed by atoms with Gasteiger partial charge in [-0.2, -0.15) is 0 Å². The first-order valence-corrected chi connectivity index (χ1v) is 25.1. The monoisotopic (exact) mass is 943 g/mol. The molecule has 0 aliphatic carbocycles. The van der Waals surface area contributed by atoms with Gasteiger partial charge >= 0.3 is 40.8 Å². The fourth-order valence-electron chi connectivity index (χ4n) is 6.28. The van der Waals surface area contributed by atoms with Crippen LogP contribution in [-0.4, -0.2) is 0 Å². The van der Waals surface area contributed by atoms with Gasteiger partial charge in [0.25, 0.3) is 0 Å². The molecule has 0 aliphatic heterocycles. The van der Waals surface area contributed by atoms with E-state index in [4.69, 9.17) is 0 Å². The molecule has 1 radical (unpaired) electrons. The van der Waals surface area contributed by atoms with Crippen LogP contribution in [0.2, 0.25) is 0 Å². The maximum absolute atomic E-state index is 10.8. The molecule has 3 aromatic rings. The SMILES string of the molecule is CCCCCCCCCc1ccc([PH](=O)[O-])cc1.CCCCCCCCCc1ccc([PH](=O)[O-])cc1.CCCCCCCCCc1ccc([PH](=O)[O-])cc1.[Nd+3]. The third-order valence-electron chi connectivity index (χ3n) is 9.78. The maximum Gasteiger partial charge on any atom is 3.00 e. The van der Waals surface area contributed by atoms with E-state index in [1.54, 1.807) is 36.4 Å². The molecule has 307 valence electrons. The van der Waals surface area contributed by atoms with E-state index in [-0.39, 0.29) is 40.8 Å². The Balaban J connectivity index is 0.000000788. The Kier molecular flexibility index (Phi) is 37.5. The first kappa shape index (κ1) is 54.6. The summed E-state index contributed by atoms with van der Waals surface area (Å²) in [5.74, 6) is 0. The van der Waals surface area contributed by atoms with E-state index < -0.39 is 24.1 Å². The largest absolute Gasteiger partial charge is 3.00 e. The molecule has 0 aliphatic rings. The number of hydrogen-bond acceptors (Lipinski definition) is 6. The summed E-state index contributed by atoms with van der Waals surface area (Å²) in [4.78, 5) is 32.3.